The number of aliphatic hydroxyl groups excluding tert-OH is 1. The highest BCUT2D eigenvalue weighted by Crippen LogP contribution is 2.84. The number of fused-ring (bicyclic) bond motifs is 1. The van der Waals surface area contributed by atoms with Crippen molar-refractivity contribution >= 4 is 17.9 Å². The minimum Gasteiger partial charge on any atom is -0.459 e. The van der Waals surface area contributed by atoms with Gasteiger partial charge in [-0.15, -0.1) is 0 Å². The van der Waals surface area contributed by atoms with Gasteiger partial charge in [0.1, 0.15) is 12.2 Å². The molecule has 2 saturated carbocycles. The normalized spacial score (nSPS) is 59.2. The molecule has 4 aliphatic heterocycles. The third-order valence-corrected chi connectivity index (χ3v) is 8.97. The third kappa shape index (κ3) is 1.35. The SMILES string of the molecule is C[C@@H]1C(=O)O[C@H]2C[C@]34[C@H]5C[C@@H](C(C)(C)C)C36[C@@H](OC(=O)[C@H]6O)O[C@@]4(C(=O)O5)[C@]21O. The van der Waals surface area contributed by atoms with Gasteiger partial charge in [-0.25, -0.2) is 9.59 Å². The predicted octanol–water partition coefficient (Wildman–Crippen LogP) is -0.340. The molecule has 4 heterocycles. The van der Waals surface area contributed by atoms with Crippen molar-refractivity contribution in [3.05, 3.63) is 0 Å². The van der Waals surface area contributed by atoms with Crippen LogP contribution in [0.1, 0.15) is 40.5 Å². The monoisotopic (exact) mass is 408 g/mol. The summed E-state index contributed by atoms with van der Waals surface area (Å²) in [5.41, 5.74) is -6.81. The first-order chi connectivity index (χ1) is 13.4. The zero-order valence-corrected chi connectivity index (χ0v) is 16.6. The molecule has 6 rings (SSSR count). The fourth-order valence-corrected chi connectivity index (χ4v) is 8.06. The molecule has 29 heavy (non-hydrogen) atoms. The molecule has 6 fully saturated rings. The maximum Gasteiger partial charge on any atom is 0.342 e. The van der Waals surface area contributed by atoms with Crippen LogP contribution >= 0.6 is 0 Å². The lowest BCUT2D eigenvalue weighted by atomic mass is 9.51. The molecule has 9 nitrogen and oxygen atoms in total. The number of hydrogen-bond donors (Lipinski definition) is 2. The van der Waals surface area contributed by atoms with Crippen LogP contribution in [0.3, 0.4) is 0 Å². The van der Waals surface area contributed by atoms with Gasteiger partial charge in [0, 0.05) is 6.42 Å². The molecule has 6 aliphatic rings. The summed E-state index contributed by atoms with van der Waals surface area (Å²) >= 11 is 0. The van der Waals surface area contributed by atoms with E-state index in [4.69, 9.17) is 18.9 Å². The molecule has 1 unspecified atom stereocenters. The van der Waals surface area contributed by atoms with Gasteiger partial charge in [-0.05, 0) is 24.7 Å². The second kappa shape index (κ2) is 4.48. The highest BCUT2D eigenvalue weighted by Gasteiger charge is 3.01. The Morgan fingerprint density at radius 3 is 2.38 bits per heavy atom. The quantitative estimate of drug-likeness (QED) is 0.408. The molecule has 9 heteroatoms. The van der Waals surface area contributed by atoms with Crippen molar-refractivity contribution in [2.45, 2.75) is 76.3 Å². The van der Waals surface area contributed by atoms with Gasteiger partial charge >= 0.3 is 17.9 Å². The van der Waals surface area contributed by atoms with E-state index in [9.17, 15) is 24.6 Å². The Morgan fingerprint density at radius 1 is 1.03 bits per heavy atom. The van der Waals surface area contributed by atoms with Crippen LogP contribution in [0, 0.1) is 28.1 Å². The van der Waals surface area contributed by atoms with E-state index >= 15 is 0 Å². The molecule has 2 aliphatic carbocycles. The van der Waals surface area contributed by atoms with Crippen LogP contribution < -0.4 is 0 Å². The van der Waals surface area contributed by atoms with E-state index in [-0.39, 0.29) is 17.8 Å². The lowest BCUT2D eigenvalue weighted by Crippen LogP contribution is -2.66. The largest absolute Gasteiger partial charge is 0.459 e. The van der Waals surface area contributed by atoms with Gasteiger partial charge in [0.05, 0.1) is 16.7 Å². The highest BCUT2D eigenvalue weighted by atomic mass is 16.8. The van der Waals surface area contributed by atoms with Crippen LogP contribution in [-0.4, -0.2) is 63.9 Å². The molecule has 158 valence electrons. The summed E-state index contributed by atoms with van der Waals surface area (Å²) in [5.74, 6) is -3.52. The molecule has 0 aromatic heterocycles. The van der Waals surface area contributed by atoms with E-state index in [0.29, 0.717) is 6.42 Å². The van der Waals surface area contributed by atoms with Gasteiger partial charge in [0.2, 0.25) is 11.9 Å². The summed E-state index contributed by atoms with van der Waals surface area (Å²) in [6, 6.07) is 0. The van der Waals surface area contributed by atoms with Crippen LogP contribution in [0.4, 0.5) is 0 Å². The Kier molecular flexibility index (Phi) is 2.79. The molecule has 0 aromatic rings. The molecule has 0 amide bonds. The number of hydrogen-bond acceptors (Lipinski definition) is 9. The van der Waals surface area contributed by atoms with Crippen molar-refractivity contribution in [3.63, 3.8) is 0 Å². The van der Waals surface area contributed by atoms with Gasteiger partial charge in [-0.2, -0.15) is 0 Å². The molecule has 10 atom stereocenters. The third-order valence-electron chi connectivity index (χ3n) is 8.97. The average Bonchev–Trinajstić information content (AvgIpc) is 3.31. The molecule has 2 spiro atoms. The second-order valence-electron chi connectivity index (χ2n) is 10.6. The minimum absolute atomic E-state index is 0.0623. The Balaban J connectivity index is 1.68. The zero-order valence-electron chi connectivity index (χ0n) is 16.6. The van der Waals surface area contributed by atoms with Crippen molar-refractivity contribution in [2.75, 3.05) is 0 Å². The number of aliphatic hydroxyl groups is 2. The molecular formula is C20H24O9. The number of carbonyl (C=O) groups is 3. The molecule has 0 radical (unpaired) electrons. The van der Waals surface area contributed by atoms with Crippen LogP contribution in [0.15, 0.2) is 0 Å². The van der Waals surface area contributed by atoms with Crippen LogP contribution in [0.2, 0.25) is 0 Å². The predicted molar refractivity (Wildman–Crippen MR) is 90.6 cm³/mol. The fourth-order valence-electron chi connectivity index (χ4n) is 8.06. The smallest absolute Gasteiger partial charge is 0.342 e. The van der Waals surface area contributed by atoms with Gasteiger partial charge in [0.15, 0.2) is 11.7 Å². The van der Waals surface area contributed by atoms with Gasteiger partial charge in [-0.3, -0.25) is 4.79 Å². The number of ether oxygens (including phenoxy) is 4. The van der Waals surface area contributed by atoms with Gasteiger partial charge < -0.3 is 29.2 Å². The summed E-state index contributed by atoms with van der Waals surface area (Å²) < 4.78 is 22.9. The summed E-state index contributed by atoms with van der Waals surface area (Å²) in [7, 11) is 0. The molecular weight excluding hydrogens is 384 g/mol. The first-order valence-electron chi connectivity index (χ1n) is 10.1. The van der Waals surface area contributed by atoms with E-state index in [0.717, 1.165) is 0 Å². The standard InChI is InChI=1S/C20H24O9/c1-7-12(22)26-10-6-17-9-5-8(16(2,3)4)18(17)11(21)13(23)28-15(18)29-20(17,14(24)27-9)19(7,10)25/h7-11,15,21,25H,5-6H2,1-4H3/t7-,8+,9-,10+,11-,15+,17+,18?,19-,20-/m1/s1. The molecule has 0 aromatic carbocycles. The van der Waals surface area contributed by atoms with Crippen molar-refractivity contribution < 1.29 is 43.5 Å². The van der Waals surface area contributed by atoms with Gasteiger partial charge in [0.25, 0.3) is 0 Å². The van der Waals surface area contributed by atoms with E-state index in [2.05, 4.69) is 0 Å². The van der Waals surface area contributed by atoms with E-state index < -0.39 is 70.5 Å². The first kappa shape index (κ1) is 18.1. The second-order valence-corrected chi connectivity index (χ2v) is 10.6. The maximum atomic E-state index is 13.3. The fraction of sp³-hybridized carbons (Fsp3) is 0.850. The minimum atomic E-state index is -1.97. The highest BCUT2D eigenvalue weighted by molar-refractivity contribution is 5.93. The molecule has 2 N–H and O–H groups in total. The van der Waals surface area contributed by atoms with Crippen molar-refractivity contribution in [2.24, 2.45) is 28.1 Å². The molecule has 0 bridgehead atoms. The number of esters is 3. The van der Waals surface area contributed by atoms with Gasteiger partial charge in [-0.1, -0.05) is 20.8 Å². The Bertz CT molecular complexity index is 893. The van der Waals surface area contributed by atoms with Crippen LogP contribution in [0.5, 0.6) is 0 Å². The van der Waals surface area contributed by atoms with Crippen molar-refractivity contribution in [1.29, 1.82) is 0 Å². The lowest BCUT2D eigenvalue weighted by molar-refractivity contribution is -0.238. The average molecular weight is 408 g/mol. The summed E-state index contributed by atoms with van der Waals surface area (Å²) in [4.78, 5) is 38.1. The Morgan fingerprint density at radius 2 is 1.72 bits per heavy atom. The Labute approximate surface area is 166 Å². The summed E-state index contributed by atoms with van der Waals surface area (Å²) in [6.45, 7) is 7.47. The summed E-state index contributed by atoms with van der Waals surface area (Å²) in [6.07, 6.45) is -3.96. The van der Waals surface area contributed by atoms with E-state index in [1.807, 2.05) is 20.8 Å². The topological polar surface area (TPSA) is 129 Å². The first-order valence-corrected chi connectivity index (χ1v) is 10.1. The van der Waals surface area contributed by atoms with Crippen molar-refractivity contribution in [3.8, 4) is 0 Å². The maximum absolute atomic E-state index is 13.3. The Hall–Kier alpha value is -1.71. The van der Waals surface area contributed by atoms with E-state index in [1.165, 1.54) is 6.92 Å². The zero-order chi connectivity index (χ0) is 20.9. The lowest BCUT2D eigenvalue weighted by Gasteiger charge is -2.46. The molecule has 4 saturated heterocycles. The number of carbonyl (C=O) groups excluding carboxylic acids is 3. The van der Waals surface area contributed by atoms with Crippen LogP contribution in [0.25, 0.3) is 0 Å². The summed E-state index contributed by atoms with van der Waals surface area (Å²) in [5, 5.41) is 23.0. The number of rotatable bonds is 0. The van der Waals surface area contributed by atoms with Crippen molar-refractivity contribution in [1.82, 2.24) is 0 Å². The van der Waals surface area contributed by atoms with Crippen LogP contribution in [-0.2, 0) is 33.3 Å². The van der Waals surface area contributed by atoms with E-state index in [1.54, 1.807) is 0 Å².